The summed E-state index contributed by atoms with van der Waals surface area (Å²) in [5.41, 5.74) is 15.2. The van der Waals surface area contributed by atoms with E-state index in [9.17, 15) is 9.90 Å². The zero-order chi connectivity index (χ0) is 23.5. The topological polar surface area (TPSA) is 87.4 Å². The number of hydrogen-bond donors (Lipinski definition) is 4. The van der Waals surface area contributed by atoms with E-state index in [1.807, 2.05) is 13.8 Å². The van der Waals surface area contributed by atoms with Crippen molar-refractivity contribution in [2.24, 2.45) is 5.73 Å². The number of phenolic OH excluding ortho intramolecular Hbond substituents is 1. The van der Waals surface area contributed by atoms with E-state index in [2.05, 4.69) is 60.0 Å². The van der Waals surface area contributed by atoms with Gasteiger partial charge in [-0.05, 0) is 91.6 Å². The minimum Gasteiger partial charge on any atom is -0.508 e. The van der Waals surface area contributed by atoms with Crippen molar-refractivity contribution in [3.63, 3.8) is 0 Å². The molecule has 0 unspecified atom stereocenters. The molecule has 0 saturated heterocycles. The lowest BCUT2D eigenvalue weighted by molar-refractivity contribution is -0.123. The molecule has 5 N–H and O–H groups in total. The van der Waals surface area contributed by atoms with Crippen LogP contribution in [-0.2, 0) is 17.6 Å². The second-order valence-corrected chi connectivity index (χ2v) is 9.23. The number of phenols is 1. The molecule has 0 fully saturated rings. The molecule has 1 aliphatic heterocycles. The smallest absolute Gasteiger partial charge is 0.237 e. The molecular weight excluding hydrogens is 410 g/mol. The fraction of sp³-hybridized carbons (Fsp3) is 0.321. The number of rotatable bonds is 6. The Morgan fingerprint density at radius 2 is 1.73 bits per heavy atom. The number of aryl methyl sites for hydroxylation is 3. The van der Waals surface area contributed by atoms with Gasteiger partial charge in [0.15, 0.2) is 0 Å². The summed E-state index contributed by atoms with van der Waals surface area (Å²) in [7, 11) is 0. The molecule has 1 amide bonds. The van der Waals surface area contributed by atoms with Crippen LogP contribution in [0.1, 0.15) is 51.4 Å². The van der Waals surface area contributed by atoms with E-state index in [4.69, 9.17) is 5.73 Å². The molecule has 4 rings (SSSR count). The molecule has 5 nitrogen and oxygen atoms in total. The van der Waals surface area contributed by atoms with Crippen molar-refractivity contribution < 1.29 is 9.90 Å². The first-order valence-corrected chi connectivity index (χ1v) is 11.6. The number of benzene rings is 3. The van der Waals surface area contributed by atoms with Crippen LogP contribution in [-0.4, -0.2) is 23.6 Å². The third-order valence-corrected chi connectivity index (χ3v) is 6.53. The van der Waals surface area contributed by atoms with Crippen molar-refractivity contribution in [1.82, 2.24) is 5.32 Å². The molecule has 0 saturated carbocycles. The van der Waals surface area contributed by atoms with E-state index in [0.717, 1.165) is 47.3 Å². The van der Waals surface area contributed by atoms with Crippen molar-refractivity contribution in [2.75, 3.05) is 11.9 Å². The summed E-state index contributed by atoms with van der Waals surface area (Å²) in [6, 6.07) is 17.8. The molecule has 1 heterocycles. The van der Waals surface area contributed by atoms with Crippen molar-refractivity contribution in [1.29, 1.82) is 0 Å². The van der Waals surface area contributed by atoms with Gasteiger partial charge in [-0.1, -0.05) is 42.0 Å². The largest absolute Gasteiger partial charge is 0.508 e. The summed E-state index contributed by atoms with van der Waals surface area (Å²) in [6.07, 6.45) is 2.11. The summed E-state index contributed by atoms with van der Waals surface area (Å²) in [4.78, 5) is 13.0. The van der Waals surface area contributed by atoms with E-state index in [1.165, 1.54) is 16.7 Å². The Kier molecular flexibility index (Phi) is 6.70. The number of nitrogens with two attached hydrogens (primary N) is 1. The highest BCUT2D eigenvalue weighted by Gasteiger charge is 2.25. The number of anilines is 1. The lowest BCUT2D eigenvalue weighted by atomic mass is 9.92. The van der Waals surface area contributed by atoms with Gasteiger partial charge >= 0.3 is 0 Å². The number of carbonyl (C=O) groups is 1. The molecular formula is C28H33N3O2. The molecule has 0 bridgehead atoms. The third-order valence-electron chi connectivity index (χ3n) is 6.53. The zero-order valence-corrected chi connectivity index (χ0v) is 19.6. The summed E-state index contributed by atoms with van der Waals surface area (Å²) in [6.45, 7) is 6.77. The minimum atomic E-state index is -0.652. The molecule has 2 atom stereocenters. The zero-order valence-electron chi connectivity index (χ0n) is 19.6. The highest BCUT2D eigenvalue weighted by Crippen LogP contribution is 2.31. The Labute approximate surface area is 196 Å². The van der Waals surface area contributed by atoms with Crippen LogP contribution in [0.25, 0.3) is 0 Å². The Hall–Kier alpha value is -3.31. The van der Waals surface area contributed by atoms with Gasteiger partial charge in [0, 0.05) is 12.2 Å². The average Bonchev–Trinajstić information content (AvgIpc) is 2.78. The first-order valence-electron chi connectivity index (χ1n) is 11.6. The summed E-state index contributed by atoms with van der Waals surface area (Å²) in [5, 5.41) is 16.4. The van der Waals surface area contributed by atoms with Crippen LogP contribution in [0.2, 0.25) is 0 Å². The summed E-state index contributed by atoms with van der Waals surface area (Å²) in [5.74, 6) is 0.0863. The van der Waals surface area contributed by atoms with Gasteiger partial charge in [0.25, 0.3) is 0 Å². The Bertz CT molecular complexity index is 1130. The lowest BCUT2D eigenvalue weighted by Crippen LogP contribution is -2.44. The van der Waals surface area contributed by atoms with Crippen molar-refractivity contribution in [2.45, 2.75) is 52.1 Å². The maximum Gasteiger partial charge on any atom is 0.237 e. The SMILES string of the molecule is Cc1ccc(Cc2ccc3c(c2)[C@@H](NC(=O)[C@@H](N)Cc2c(C)cc(O)cc2C)CCN3)cc1. The maximum atomic E-state index is 13.0. The first-order chi connectivity index (χ1) is 15.8. The van der Waals surface area contributed by atoms with Crippen molar-refractivity contribution in [3.05, 3.63) is 93.5 Å². The average molecular weight is 444 g/mol. The minimum absolute atomic E-state index is 0.0696. The second-order valence-electron chi connectivity index (χ2n) is 9.23. The molecule has 0 aliphatic carbocycles. The molecule has 0 aromatic heterocycles. The van der Waals surface area contributed by atoms with Gasteiger partial charge in [0.1, 0.15) is 5.75 Å². The van der Waals surface area contributed by atoms with Crippen LogP contribution < -0.4 is 16.4 Å². The van der Waals surface area contributed by atoms with Crippen LogP contribution in [0.15, 0.2) is 54.6 Å². The van der Waals surface area contributed by atoms with E-state index in [0.29, 0.717) is 6.42 Å². The normalized spacial score (nSPS) is 15.9. The summed E-state index contributed by atoms with van der Waals surface area (Å²) >= 11 is 0. The van der Waals surface area contributed by atoms with Gasteiger partial charge < -0.3 is 21.5 Å². The number of hydrogen-bond acceptors (Lipinski definition) is 4. The van der Waals surface area contributed by atoms with Crippen molar-refractivity contribution in [3.8, 4) is 5.75 Å². The Morgan fingerprint density at radius 1 is 1.06 bits per heavy atom. The van der Waals surface area contributed by atoms with Gasteiger partial charge in [-0.25, -0.2) is 0 Å². The van der Waals surface area contributed by atoms with E-state index in [-0.39, 0.29) is 17.7 Å². The molecule has 0 spiro atoms. The molecule has 0 radical (unpaired) electrons. The second kappa shape index (κ2) is 9.67. The Balaban J connectivity index is 1.48. The van der Waals surface area contributed by atoms with Crippen LogP contribution in [0.3, 0.4) is 0 Å². The van der Waals surface area contributed by atoms with E-state index >= 15 is 0 Å². The molecule has 33 heavy (non-hydrogen) atoms. The molecule has 1 aliphatic rings. The van der Waals surface area contributed by atoms with Gasteiger partial charge in [0.05, 0.1) is 12.1 Å². The lowest BCUT2D eigenvalue weighted by Gasteiger charge is -2.29. The third kappa shape index (κ3) is 5.37. The van der Waals surface area contributed by atoms with Gasteiger partial charge in [-0.3, -0.25) is 4.79 Å². The molecule has 3 aromatic carbocycles. The Morgan fingerprint density at radius 3 is 2.42 bits per heavy atom. The molecule has 3 aromatic rings. The molecule has 5 heteroatoms. The fourth-order valence-electron chi connectivity index (χ4n) is 4.65. The van der Waals surface area contributed by atoms with E-state index in [1.54, 1.807) is 12.1 Å². The van der Waals surface area contributed by atoms with Crippen molar-refractivity contribution >= 4 is 11.6 Å². The quantitative estimate of drug-likeness (QED) is 0.453. The predicted octanol–water partition coefficient (Wildman–Crippen LogP) is 4.45. The highest BCUT2D eigenvalue weighted by atomic mass is 16.3. The number of fused-ring (bicyclic) bond motifs is 1. The number of carbonyl (C=O) groups excluding carboxylic acids is 1. The maximum absolute atomic E-state index is 13.0. The number of amides is 1. The van der Waals surface area contributed by atoms with Gasteiger partial charge in [0.2, 0.25) is 5.91 Å². The van der Waals surface area contributed by atoms with Crippen LogP contribution in [0.5, 0.6) is 5.75 Å². The van der Waals surface area contributed by atoms with E-state index < -0.39 is 6.04 Å². The monoisotopic (exact) mass is 443 g/mol. The van der Waals surface area contributed by atoms with Crippen LogP contribution in [0.4, 0.5) is 5.69 Å². The number of aromatic hydroxyl groups is 1. The standard InChI is InChI=1S/C28H33N3O2/c1-17-4-6-20(7-5-17)14-21-8-9-26-24(15-21)27(10-11-30-26)31-28(33)25(29)16-23-18(2)12-22(32)13-19(23)3/h4-9,12-13,15,25,27,30,32H,10-11,14,16,29H2,1-3H3,(H,31,33)/t25-,27-/m0/s1. The van der Waals surface area contributed by atoms with Crippen LogP contribution >= 0.6 is 0 Å². The van der Waals surface area contributed by atoms with Crippen LogP contribution in [0, 0.1) is 20.8 Å². The molecule has 172 valence electrons. The summed E-state index contributed by atoms with van der Waals surface area (Å²) < 4.78 is 0. The van der Waals surface area contributed by atoms with Gasteiger partial charge in [-0.15, -0.1) is 0 Å². The fourth-order valence-corrected chi connectivity index (χ4v) is 4.65. The van der Waals surface area contributed by atoms with Gasteiger partial charge in [-0.2, -0.15) is 0 Å². The first kappa shape index (κ1) is 22.9. The number of nitrogens with one attached hydrogen (secondary N) is 2. The highest BCUT2D eigenvalue weighted by molar-refractivity contribution is 5.82. The predicted molar refractivity (Wildman–Crippen MR) is 134 cm³/mol.